The molecule has 2 aliphatic heterocycles. The minimum absolute atomic E-state index is 0.0340. The smallest absolute Gasteiger partial charge is 0.410 e. The molecule has 0 N–H and O–H groups in total. The Hall–Kier alpha value is -0.730. The van der Waals surface area contributed by atoms with Gasteiger partial charge in [-0.25, -0.2) is 4.79 Å². The van der Waals surface area contributed by atoms with E-state index in [2.05, 4.69) is 25.7 Å². The second-order valence-electron chi connectivity index (χ2n) is 6.81. The van der Waals surface area contributed by atoms with Crippen molar-refractivity contribution in [3.8, 4) is 0 Å². The monoisotopic (exact) mass is 251 g/mol. The Morgan fingerprint density at radius 1 is 1.44 bits per heavy atom. The zero-order chi connectivity index (χ0) is 12.9. The van der Waals surface area contributed by atoms with Crippen molar-refractivity contribution in [2.75, 3.05) is 0 Å². The van der Waals surface area contributed by atoms with Gasteiger partial charge in [0.2, 0.25) is 0 Å². The van der Waals surface area contributed by atoms with Gasteiger partial charge in [-0.1, -0.05) is 20.3 Å². The average molecular weight is 251 g/mol. The maximum atomic E-state index is 12.3. The largest absolute Gasteiger partial charge is 0.443 e. The van der Waals surface area contributed by atoms with Crippen LogP contribution in [0.25, 0.3) is 0 Å². The molecule has 3 fully saturated rings. The van der Waals surface area contributed by atoms with Crippen molar-refractivity contribution in [3.05, 3.63) is 0 Å². The highest BCUT2D eigenvalue weighted by Crippen LogP contribution is 2.47. The standard InChI is InChI=1S/C15H25NO2/c1-4-10(2)12-9-11-5-6-13(12)16(11)14(17)18-15(3)7-8-15/h10-13H,4-9H2,1-3H3/t10?,11?,12-,13?/m0/s1. The number of nitrogens with zero attached hydrogens (tertiary/aromatic N) is 1. The quantitative estimate of drug-likeness (QED) is 0.767. The first-order valence-corrected chi connectivity index (χ1v) is 7.55. The molecule has 3 heteroatoms. The molecule has 3 rings (SSSR count). The van der Waals surface area contributed by atoms with Gasteiger partial charge in [-0.2, -0.15) is 0 Å². The van der Waals surface area contributed by atoms with Crippen LogP contribution in [0.1, 0.15) is 59.3 Å². The SMILES string of the molecule is CCC(C)[C@@H]1CC2CCC1N2C(=O)OC1(C)CC1. The minimum Gasteiger partial charge on any atom is -0.443 e. The number of hydrogen-bond donors (Lipinski definition) is 0. The number of carbonyl (C=O) groups is 1. The zero-order valence-corrected chi connectivity index (χ0v) is 11.8. The van der Waals surface area contributed by atoms with Crippen LogP contribution >= 0.6 is 0 Å². The molecular formula is C15H25NO2. The number of rotatable bonds is 3. The molecule has 1 aliphatic carbocycles. The highest BCUT2D eigenvalue weighted by atomic mass is 16.6. The zero-order valence-electron chi connectivity index (χ0n) is 11.8. The topological polar surface area (TPSA) is 29.5 Å². The predicted octanol–water partition coefficient (Wildman–Crippen LogP) is 3.57. The van der Waals surface area contributed by atoms with E-state index in [0.29, 0.717) is 18.0 Å². The summed E-state index contributed by atoms with van der Waals surface area (Å²) in [6, 6.07) is 0.920. The van der Waals surface area contributed by atoms with Gasteiger partial charge in [-0.05, 0) is 50.9 Å². The molecule has 2 heterocycles. The minimum atomic E-state index is -0.134. The van der Waals surface area contributed by atoms with Gasteiger partial charge >= 0.3 is 6.09 Å². The van der Waals surface area contributed by atoms with Crippen molar-refractivity contribution in [3.63, 3.8) is 0 Å². The van der Waals surface area contributed by atoms with E-state index in [-0.39, 0.29) is 11.7 Å². The van der Waals surface area contributed by atoms with Crippen LogP contribution in [0.2, 0.25) is 0 Å². The van der Waals surface area contributed by atoms with E-state index in [1.165, 1.54) is 25.7 Å². The molecule has 18 heavy (non-hydrogen) atoms. The lowest BCUT2D eigenvalue weighted by molar-refractivity contribution is 0.0514. The third-order valence-electron chi connectivity index (χ3n) is 5.46. The molecule has 3 nitrogen and oxygen atoms in total. The first kappa shape index (κ1) is 12.3. The number of carbonyl (C=O) groups excluding carboxylic acids is 1. The van der Waals surface area contributed by atoms with Crippen molar-refractivity contribution in [1.29, 1.82) is 0 Å². The fourth-order valence-corrected chi connectivity index (χ4v) is 3.78. The maximum absolute atomic E-state index is 12.3. The molecule has 0 aromatic carbocycles. The van der Waals surface area contributed by atoms with E-state index in [1.54, 1.807) is 0 Å². The highest BCUT2D eigenvalue weighted by Gasteiger charge is 2.52. The van der Waals surface area contributed by atoms with Crippen molar-refractivity contribution < 1.29 is 9.53 Å². The van der Waals surface area contributed by atoms with E-state index in [1.807, 2.05) is 0 Å². The summed E-state index contributed by atoms with van der Waals surface area (Å²) >= 11 is 0. The van der Waals surface area contributed by atoms with Crippen LogP contribution in [0, 0.1) is 11.8 Å². The molecule has 102 valence electrons. The fraction of sp³-hybridized carbons (Fsp3) is 0.933. The molecule has 3 aliphatic rings. The van der Waals surface area contributed by atoms with Crippen molar-refractivity contribution >= 4 is 6.09 Å². The van der Waals surface area contributed by atoms with E-state index < -0.39 is 0 Å². The average Bonchev–Trinajstić information content (AvgIpc) is 2.82. The fourth-order valence-electron chi connectivity index (χ4n) is 3.78. The second-order valence-corrected chi connectivity index (χ2v) is 6.81. The van der Waals surface area contributed by atoms with Crippen LogP contribution in [0.5, 0.6) is 0 Å². The van der Waals surface area contributed by atoms with Gasteiger partial charge in [0.15, 0.2) is 0 Å². The Kier molecular flexibility index (Phi) is 2.83. The Balaban J connectivity index is 1.68. The molecular weight excluding hydrogens is 226 g/mol. The number of ether oxygens (including phenoxy) is 1. The number of amides is 1. The van der Waals surface area contributed by atoms with Crippen LogP contribution in [0.3, 0.4) is 0 Å². The van der Waals surface area contributed by atoms with Crippen LogP contribution < -0.4 is 0 Å². The van der Waals surface area contributed by atoms with E-state index >= 15 is 0 Å². The molecule has 1 amide bonds. The van der Waals surface area contributed by atoms with Crippen LogP contribution in [-0.4, -0.2) is 28.7 Å². The molecule has 0 aromatic rings. The first-order valence-electron chi connectivity index (χ1n) is 7.55. The summed E-state index contributed by atoms with van der Waals surface area (Å²) in [7, 11) is 0. The van der Waals surface area contributed by atoms with Gasteiger partial charge in [0.05, 0.1) is 0 Å². The van der Waals surface area contributed by atoms with E-state index in [4.69, 9.17) is 4.74 Å². The first-order chi connectivity index (χ1) is 8.54. The molecule has 0 spiro atoms. The van der Waals surface area contributed by atoms with Gasteiger partial charge in [-0.15, -0.1) is 0 Å². The summed E-state index contributed by atoms with van der Waals surface area (Å²) < 4.78 is 5.66. The van der Waals surface area contributed by atoms with Crippen molar-refractivity contribution in [2.45, 2.75) is 77.0 Å². The van der Waals surface area contributed by atoms with E-state index in [9.17, 15) is 4.79 Å². The molecule has 0 radical (unpaired) electrons. The van der Waals surface area contributed by atoms with Gasteiger partial charge in [0.25, 0.3) is 0 Å². The Bertz CT molecular complexity index is 350. The molecule has 4 atom stereocenters. The maximum Gasteiger partial charge on any atom is 0.410 e. The van der Waals surface area contributed by atoms with E-state index in [0.717, 1.165) is 18.8 Å². The lowest BCUT2D eigenvalue weighted by atomic mass is 9.80. The lowest BCUT2D eigenvalue weighted by Gasteiger charge is -2.28. The van der Waals surface area contributed by atoms with Crippen molar-refractivity contribution in [2.24, 2.45) is 11.8 Å². The van der Waals surface area contributed by atoms with Gasteiger partial charge in [0.1, 0.15) is 5.60 Å². The lowest BCUT2D eigenvalue weighted by Crippen LogP contribution is -2.39. The molecule has 2 bridgehead atoms. The van der Waals surface area contributed by atoms with Gasteiger partial charge < -0.3 is 9.64 Å². The van der Waals surface area contributed by atoms with Gasteiger partial charge in [0, 0.05) is 12.1 Å². The Labute approximate surface area is 110 Å². The predicted molar refractivity (Wildman–Crippen MR) is 70.3 cm³/mol. The molecule has 2 saturated heterocycles. The highest BCUT2D eigenvalue weighted by molar-refractivity contribution is 5.70. The van der Waals surface area contributed by atoms with Crippen molar-refractivity contribution in [1.82, 2.24) is 4.90 Å². The normalized spacial score (nSPS) is 37.7. The third kappa shape index (κ3) is 1.92. The summed E-state index contributed by atoms with van der Waals surface area (Å²) in [5, 5.41) is 0. The Morgan fingerprint density at radius 2 is 2.17 bits per heavy atom. The molecule has 1 saturated carbocycles. The molecule has 3 unspecified atom stereocenters. The summed E-state index contributed by atoms with van der Waals surface area (Å²) in [5.74, 6) is 1.43. The summed E-state index contributed by atoms with van der Waals surface area (Å²) in [6.07, 6.45) is 6.83. The van der Waals surface area contributed by atoms with Crippen LogP contribution in [0.15, 0.2) is 0 Å². The summed E-state index contributed by atoms with van der Waals surface area (Å²) in [4.78, 5) is 14.4. The third-order valence-corrected chi connectivity index (χ3v) is 5.46. The van der Waals surface area contributed by atoms with Gasteiger partial charge in [-0.3, -0.25) is 0 Å². The number of hydrogen-bond acceptors (Lipinski definition) is 2. The van der Waals surface area contributed by atoms with Crippen LogP contribution in [0.4, 0.5) is 4.79 Å². The number of fused-ring (bicyclic) bond motifs is 2. The second kappa shape index (κ2) is 4.14. The molecule has 0 aromatic heterocycles. The summed E-state index contributed by atoms with van der Waals surface area (Å²) in [5.41, 5.74) is -0.134. The Morgan fingerprint density at radius 3 is 2.78 bits per heavy atom. The summed E-state index contributed by atoms with van der Waals surface area (Å²) in [6.45, 7) is 6.64. The van der Waals surface area contributed by atoms with Crippen LogP contribution in [-0.2, 0) is 4.74 Å².